The van der Waals surface area contributed by atoms with Crippen LogP contribution in [0.25, 0.3) is 11.1 Å². The number of benzene rings is 4. The van der Waals surface area contributed by atoms with Crippen LogP contribution in [0.2, 0.25) is 0 Å². The Hall–Kier alpha value is -4.22. The molecular formula is C30H20F10O2. The average molecular weight is 602 g/mol. The van der Waals surface area contributed by atoms with E-state index in [1.54, 1.807) is 0 Å². The minimum Gasteiger partial charge on any atom is -0.429 e. The molecule has 0 amide bonds. The van der Waals surface area contributed by atoms with Crippen molar-refractivity contribution in [1.82, 2.24) is 0 Å². The first-order valence-electron chi connectivity index (χ1n) is 12.4. The maximum Gasteiger partial charge on any atom is 0.432 e. The van der Waals surface area contributed by atoms with Gasteiger partial charge < -0.3 is 9.47 Å². The molecule has 0 aromatic heterocycles. The van der Waals surface area contributed by atoms with Gasteiger partial charge in [0.05, 0.1) is 5.56 Å². The van der Waals surface area contributed by atoms with Crippen molar-refractivity contribution in [2.24, 2.45) is 0 Å². The van der Waals surface area contributed by atoms with Crippen molar-refractivity contribution < 1.29 is 53.4 Å². The van der Waals surface area contributed by atoms with E-state index in [1.165, 1.54) is 24.3 Å². The number of hydrogen-bond donors (Lipinski definition) is 0. The summed E-state index contributed by atoms with van der Waals surface area (Å²) in [6.45, 7) is 1.99. The Balaban J connectivity index is 1.56. The largest absolute Gasteiger partial charge is 0.432 e. The number of halogens is 10. The number of rotatable bonds is 10. The molecule has 0 heterocycles. The average Bonchev–Trinajstić information content (AvgIpc) is 2.89. The lowest BCUT2D eigenvalue weighted by Gasteiger charge is -2.20. The molecule has 0 radical (unpaired) electrons. The molecule has 222 valence electrons. The quantitative estimate of drug-likeness (QED) is 0.133. The van der Waals surface area contributed by atoms with Crippen molar-refractivity contribution in [2.75, 3.05) is 0 Å². The first kappa shape index (κ1) is 30.7. The highest BCUT2D eigenvalue weighted by atomic mass is 19.3. The fraction of sp³-hybridized carbons (Fsp3) is 0.200. The van der Waals surface area contributed by atoms with Crippen LogP contribution in [0.3, 0.4) is 0 Å². The molecule has 4 aromatic carbocycles. The van der Waals surface area contributed by atoms with Crippen molar-refractivity contribution in [3.8, 4) is 22.6 Å². The van der Waals surface area contributed by atoms with E-state index < -0.39 is 80.9 Å². The lowest BCUT2D eigenvalue weighted by atomic mass is 10.0. The third-order valence-corrected chi connectivity index (χ3v) is 6.14. The summed E-state index contributed by atoms with van der Waals surface area (Å²) < 4.78 is 151. The van der Waals surface area contributed by atoms with Crippen LogP contribution in [0, 0.1) is 34.9 Å². The standard InChI is InChI=1S/C30H20F10O2/c1-2-3-4-16-5-7-18(8-6-16)29(37,38)41-19-9-10-21(22(31)13-19)17-11-23(32)27(24(33)12-17)30(39,40)42-20-14-25(34)28(36)26(35)15-20/h5-15H,2-4H2,1H3. The van der Waals surface area contributed by atoms with Crippen molar-refractivity contribution in [3.63, 3.8) is 0 Å². The van der Waals surface area contributed by atoms with Gasteiger partial charge in [0.1, 0.15) is 34.5 Å². The first-order valence-corrected chi connectivity index (χ1v) is 12.4. The Kier molecular flexibility index (Phi) is 8.74. The molecule has 0 bridgehead atoms. The maximum atomic E-state index is 14.8. The normalized spacial score (nSPS) is 12.0. The molecule has 0 saturated carbocycles. The SMILES string of the molecule is CCCCc1ccc(C(F)(F)Oc2ccc(-c3cc(F)c(C(F)(F)Oc4cc(F)c(F)c(F)c4)c(F)c3)c(F)c2)cc1. The van der Waals surface area contributed by atoms with Crippen molar-refractivity contribution >= 4 is 0 Å². The molecule has 2 nitrogen and oxygen atoms in total. The number of aryl methyl sites for hydroxylation is 1. The predicted octanol–water partition coefficient (Wildman–Crippen LogP) is 9.79. The van der Waals surface area contributed by atoms with Crippen molar-refractivity contribution in [1.29, 1.82) is 0 Å². The Morgan fingerprint density at radius 3 is 1.69 bits per heavy atom. The summed E-state index contributed by atoms with van der Waals surface area (Å²) in [7, 11) is 0. The van der Waals surface area contributed by atoms with E-state index in [0.29, 0.717) is 24.6 Å². The molecule has 0 aliphatic rings. The Morgan fingerprint density at radius 2 is 1.14 bits per heavy atom. The third-order valence-electron chi connectivity index (χ3n) is 6.14. The van der Waals surface area contributed by atoms with E-state index in [2.05, 4.69) is 9.47 Å². The maximum absolute atomic E-state index is 14.8. The van der Waals surface area contributed by atoms with Gasteiger partial charge in [-0.05, 0) is 60.4 Å². The fourth-order valence-corrected chi connectivity index (χ4v) is 4.04. The molecule has 0 N–H and O–H groups in total. The lowest BCUT2D eigenvalue weighted by molar-refractivity contribution is -0.189. The molecule has 0 spiro atoms. The van der Waals surface area contributed by atoms with E-state index in [4.69, 9.17) is 0 Å². The van der Waals surface area contributed by atoms with E-state index in [1.807, 2.05) is 6.92 Å². The Morgan fingerprint density at radius 1 is 0.595 bits per heavy atom. The highest BCUT2D eigenvalue weighted by molar-refractivity contribution is 5.66. The minimum absolute atomic E-state index is 0.0433. The molecule has 0 atom stereocenters. The Labute approximate surface area is 233 Å². The second-order valence-electron chi connectivity index (χ2n) is 9.20. The number of hydrogen-bond acceptors (Lipinski definition) is 2. The van der Waals surface area contributed by atoms with Gasteiger partial charge in [-0.15, -0.1) is 0 Å². The molecule has 0 fully saturated rings. The van der Waals surface area contributed by atoms with Gasteiger partial charge in [-0.2, -0.15) is 17.6 Å². The number of ether oxygens (including phenoxy) is 2. The molecular weight excluding hydrogens is 582 g/mol. The minimum atomic E-state index is -4.85. The van der Waals surface area contributed by atoms with Gasteiger partial charge in [-0.1, -0.05) is 25.5 Å². The molecule has 0 unspecified atom stereocenters. The second kappa shape index (κ2) is 11.9. The zero-order valence-electron chi connectivity index (χ0n) is 21.6. The molecule has 4 rings (SSSR count). The van der Waals surface area contributed by atoms with Crippen molar-refractivity contribution in [2.45, 2.75) is 38.4 Å². The van der Waals surface area contributed by atoms with E-state index in [0.717, 1.165) is 30.5 Å². The third kappa shape index (κ3) is 6.63. The highest BCUT2D eigenvalue weighted by Gasteiger charge is 2.42. The predicted molar refractivity (Wildman–Crippen MR) is 132 cm³/mol. The molecule has 0 saturated heterocycles. The van der Waals surface area contributed by atoms with Gasteiger partial charge in [0.2, 0.25) is 0 Å². The van der Waals surface area contributed by atoms with Crippen LogP contribution in [-0.2, 0) is 18.6 Å². The first-order chi connectivity index (χ1) is 19.7. The molecule has 42 heavy (non-hydrogen) atoms. The monoisotopic (exact) mass is 602 g/mol. The number of alkyl halides is 4. The number of unbranched alkanes of at least 4 members (excludes halogenated alkanes) is 1. The lowest BCUT2D eigenvalue weighted by Crippen LogP contribution is -2.25. The topological polar surface area (TPSA) is 18.5 Å². The summed E-state index contributed by atoms with van der Waals surface area (Å²) in [4.78, 5) is 0. The molecule has 4 aromatic rings. The van der Waals surface area contributed by atoms with Gasteiger partial charge in [-0.25, -0.2) is 26.3 Å². The summed E-state index contributed by atoms with van der Waals surface area (Å²) in [6.07, 6.45) is -6.20. The van der Waals surface area contributed by atoms with E-state index in [9.17, 15) is 43.9 Å². The zero-order chi connectivity index (χ0) is 30.8. The Bertz CT molecular complexity index is 1540. The summed E-state index contributed by atoms with van der Waals surface area (Å²) in [6, 6.07) is 8.36. The molecule has 12 heteroatoms. The van der Waals surface area contributed by atoms with E-state index in [-0.39, 0.29) is 12.1 Å². The smallest absolute Gasteiger partial charge is 0.429 e. The van der Waals surface area contributed by atoms with E-state index >= 15 is 0 Å². The second-order valence-corrected chi connectivity index (χ2v) is 9.20. The van der Waals surface area contributed by atoms with Crippen LogP contribution < -0.4 is 9.47 Å². The summed E-state index contributed by atoms with van der Waals surface area (Å²) in [5.74, 6) is -12.8. The summed E-state index contributed by atoms with van der Waals surface area (Å²) in [5, 5.41) is 0. The van der Waals surface area contributed by atoms with Gasteiger partial charge in [0.25, 0.3) is 0 Å². The van der Waals surface area contributed by atoms with Crippen molar-refractivity contribution in [3.05, 3.63) is 118 Å². The fourth-order valence-electron chi connectivity index (χ4n) is 4.04. The molecule has 0 aliphatic heterocycles. The summed E-state index contributed by atoms with van der Waals surface area (Å²) >= 11 is 0. The summed E-state index contributed by atoms with van der Waals surface area (Å²) in [5.41, 5.74) is -2.79. The van der Waals surface area contributed by atoms with Crippen LogP contribution in [-0.4, -0.2) is 0 Å². The van der Waals surface area contributed by atoms with Crippen LogP contribution in [0.4, 0.5) is 43.9 Å². The van der Waals surface area contributed by atoms with Crippen LogP contribution in [0.1, 0.15) is 36.5 Å². The van der Waals surface area contributed by atoms with Gasteiger partial charge in [0, 0.05) is 23.8 Å². The van der Waals surface area contributed by atoms with Crippen LogP contribution in [0.5, 0.6) is 11.5 Å². The van der Waals surface area contributed by atoms with Gasteiger partial charge >= 0.3 is 12.2 Å². The zero-order valence-corrected chi connectivity index (χ0v) is 21.6. The van der Waals surface area contributed by atoms with Crippen LogP contribution >= 0.6 is 0 Å². The van der Waals surface area contributed by atoms with Crippen LogP contribution in [0.15, 0.2) is 66.7 Å². The molecule has 0 aliphatic carbocycles. The van der Waals surface area contributed by atoms with Gasteiger partial charge in [-0.3, -0.25) is 0 Å². The highest BCUT2D eigenvalue weighted by Crippen LogP contribution is 2.39. The van der Waals surface area contributed by atoms with Gasteiger partial charge in [0.15, 0.2) is 17.5 Å².